The average molecular weight is 441 g/mol. The summed E-state index contributed by atoms with van der Waals surface area (Å²) in [6.45, 7) is 1.59. The Bertz CT molecular complexity index is 1140. The Morgan fingerprint density at radius 2 is 1.84 bits per heavy atom. The number of ether oxygens (including phenoxy) is 1. The van der Waals surface area contributed by atoms with Crippen LogP contribution in [0.25, 0.3) is 0 Å². The van der Waals surface area contributed by atoms with Crippen molar-refractivity contribution >= 4 is 21.7 Å². The van der Waals surface area contributed by atoms with Crippen LogP contribution in [0.3, 0.4) is 0 Å². The maximum Gasteiger partial charge on any atom is 0.335 e. The summed E-state index contributed by atoms with van der Waals surface area (Å²) in [7, 11) is -3.52. The standard InChI is InChI=1S/C23H24N2O5S/c26-23(27)16-6-9-21-20(14-16)18-2-1-3-19(18)22(24-21)15-4-7-17(8-5-15)31(28,29)25-10-12-30-13-11-25/h1-2,4-9,14,18-19,22,24H,3,10-13H2,(H,26,27)/t18-,19+,22+/m1/s1. The van der Waals surface area contributed by atoms with Crippen LogP contribution >= 0.6 is 0 Å². The van der Waals surface area contributed by atoms with E-state index in [4.69, 9.17) is 4.74 Å². The van der Waals surface area contributed by atoms with E-state index < -0.39 is 16.0 Å². The summed E-state index contributed by atoms with van der Waals surface area (Å²) in [5, 5.41) is 12.9. The zero-order valence-electron chi connectivity index (χ0n) is 16.9. The second-order valence-electron chi connectivity index (χ2n) is 8.17. The van der Waals surface area contributed by atoms with Gasteiger partial charge in [-0.2, -0.15) is 4.31 Å². The van der Waals surface area contributed by atoms with Gasteiger partial charge in [0.05, 0.1) is 29.7 Å². The molecule has 3 atom stereocenters. The number of morpholine rings is 1. The minimum Gasteiger partial charge on any atom is -0.478 e. The van der Waals surface area contributed by atoms with Crippen LogP contribution in [0.4, 0.5) is 5.69 Å². The summed E-state index contributed by atoms with van der Waals surface area (Å²) in [5.41, 5.74) is 3.23. The van der Waals surface area contributed by atoms with Crippen LogP contribution < -0.4 is 5.32 Å². The maximum atomic E-state index is 12.9. The van der Waals surface area contributed by atoms with Gasteiger partial charge >= 0.3 is 5.97 Å². The van der Waals surface area contributed by atoms with Crippen molar-refractivity contribution in [1.82, 2.24) is 4.31 Å². The number of hydrogen-bond donors (Lipinski definition) is 2. The largest absolute Gasteiger partial charge is 0.478 e. The molecule has 0 spiro atoms. The SMILES string of the molecule is O=C(O)c1ccc2c(c1)[C@@H]1C=CC[C@@H]1[C@H](c1ccc(S(=O)(=O)N3CCOCC3)cc1)N2. The predicted octanol–water partition coefficient (Wildman–Crippen LogP) is 3.23. The van der Waals surface area contributed by atoms with Crippen LogP contribution in [0.2, 0.25) is 0 Å². The fraction of sp³-hybridized carbons (Fsp3) is 0.348. The van der Waals surface area contributed by atoms with E-state index in [2.05, 4.69) is 17.5 Å². The predicted molar refractivity (Wildman–Crippen MR) is 116 cm³/mol. The molecule has 2 aromatic rings. The summed E-state index contributed by atoms with van der Waals surface area (Å²) < 4.78 is 32.5. The normalized spacial score (nSPS) is 25.5. The number of carboxylic acids is 1. The lowest BCUT2D eigenvalue weighted by molar-refractivity contribution is 0.0696. The van der Waals surface area contributed by atoms with Crippen molar-refractivity contribution in [2.24, 2.45) is 5.92 Å². The molecule has 0 aromatic heterocycles. The quantitative estimate of drug-likeness (QED) is 0.709. The third-order valence-corrected chi connectivity index (χ3v) is 8.37. The average Bonchev–Trinajstić information content (AvgIpc) is 3.29. The summed E-state index contributed by atoms with van der Waals surface area (Å²) >= 11 is 0. The molecule has 31 heavy (non-hydrogen) atoms. The Kier molecular flexibility index (Phi) is 5.08. The van der Waals surface area contributed by atoms with E-state index in [1.807, 2.05) is 18.2 Å². The number of carboxylic acid groups (broad SMARTS) is 1. The number of rotatable bonds is 4. The zero-order valence-corrected chi connectivity index (χ0v) is 17.7. The Morgan fingerprint density at radius 3 is 2.55 bits per heavy atom. The smallest absolute Gasteiger partial charge is 0.335 e. The number of nitrogens with zero attached hydrogens (tertiary/aromatic N) is 1. The number of fused-ring (bicyclic) bond motifs is 3. The lowest BCUT2D eigenvalue weighted by Gasteiger charge is -2.37. The lowest BCUT2D eigenvalue weighted by atomic mass is 9.76. The molecule has 8 heteroatoms. The number of aromatic carboxylic acids is 1. The topological polar surface area (TPSA) is 95.9 Å². The van der Waals surface area contributed by atoms with E-state index in [1.54, 1.807) is 24.3 Å². The molecule has 3 aliphatic rings. The molecule has 0 saturated carbocycles. The highest BCUT2D eigenvalue weighted by atomic mass is 32.2. The van der Waals surface area contributed by atoms with Gasteiger partial charge in [-0.3, -0.25) is 0 Å². The van der Waals surface area contributed by atoms with Crippen LogP contribution in [-0.2, 0) is 14.8 Å². The molecule has 0 unspecified atom stereocenters. The Balaban J connectivity index is 1.44. The minimum absolute atomic E-state index is 0.0170. The molecule has 2 N–H and O–H groups in total. The Morgan fingerprint density at radius 1 is 1.10 bits per heavy atom. The van der Waals surface area contributed by atoms with Gasteiger partial charge in [-0.1, -0.05) is 24.3 Å². The summed E-state index contributed by atoms with van der Waals surface area (Å²) in [6.07, 6.45) is 5.18. The summed E-state index contributed by atoms with van der Waals surface area (Å²) in [4.78, 5) is 11.7. The fourth-order valence-electron chi connectivity index (χ4n) is 4.84. The highest BCUT2D eigenvalue weighted by molar-refractivity contribution is 7.89. The number of hydrogen-bond acceptors (Lipinski definition) is 5. The van der Waals surface area contributed by atoms with Gasteiger partial charge in [0.15, 0.2) is 0 Å². The van der Waals surface area contributed by atoms with Gasteiger partial charge in [0, 0.05) is 24.7 Å². The summed E-state index contributed by atoms with van der Waals surface area (Å²) in [5.74, 6) is -0.545. The van der Waals surface area contributed by atoms with Crippen LogP contribution in [0.1, 0.15) is 39.9 Å². The highest BCUT2D eigenvalue weighted by Crippen LogP contribution is 2.50. The van der Waals surface area contributed by atoms with Crippen LogP contribution in [-0.4, -0.2) is 50.1 Å². The van der Waals surface area contributed by atoms with Gasteiger partial charge in [-0.25, -0.2) is 13.2 Å². The highest BCUT2D eigenvalue weighted by Gasteiger charge is 2.38. The first kappa shape index (κ1) is 20.2. The molecule has 0 amide bonds. The molecule has 1 saturated heterocycles. The molecule has 2 heterocycles. The second-order valence-corrected chi connectivity index (χ2v) is 10.1. The number of sulfonamides is 1. The molecule has 162 valence electrons. The molecule has 1 aliphatic carbocycles. The molecule has 0 bridgehead atoms. The summed E-state index contributed by atoms with van der Waals surface area (Å²) in [6, 6.07) is 12.3. The number of benzene rings is 2. The third kappa shape index (κ3) is 3.54. The monoisotopic (exact) mass is 440 g/mol. The maximum absolute atomic E-state index is 12.9. The first-order valence-electron chi connectivity index (χ1n) is 10.4. The Labute approximate surface area is 181 Å². The number of allylic oxidation sites excluding steroid dienone is 2. The minimum atomic E-state index is -3.52. The Hall–Kier alpha value is -2.68. The van der Waals surface area contributed by atoms with Crippen molar-refractivity contribution in [3.63, 3.8) is 0 Å². The lowest BCUT2D eigenvalue weighted by Crippen LogP contribution is -2.40. The molecular weight excluding hydrogens is 416 g/mol. The van der Waals surface area contributed by atoms with Crippen LogP contribution in [0.15, 0.2) is 59.5 Å². The van der Waals surface area contributed by atoms with E-state index in [9.17, 15) is 18.3 Å². The van der Waals surface area contributed by atoms with Crippen LogP contribution in [0, 0.1) is 5.92 Å². The molecule has 2 aromatic carbocycles. The molecule has 2 aliphatic heterocycles. The van der Waals surface area contributed by atoms with Crippen molar-refractivity contribution in [2.75, 3.05) is 31.6 Å². The number of carbonyl (C=O) groups is 1. The van der Waals surface area contributed by atoms with Crippen molar-refractivity contribution in [2.45, 2.75) is 23.3 Å². The molecule has 1 fully saturated rings. The van der Waals surface area contributed by atoms with Gasteiger partial charge in [0.25, 0.3) is 0 Å². The molecule has 7 nitrogen and oxygen atoms in total. The van der Waals surface area contributed by atoms with Gasteiger partial charge in [-0.15, -0.1) is 0 Å². The third-order valence-electron chi connectivity index (χ3n) is 6.46. The fourth-order valence-corrected chi connectivity index (χ4v) is 6.25. The molecular formula is C23H24N2O5S. The van der Waals surface area contributed by atoms with Gasteiger partial charge in [0.1, 0.15) is 0 Å². The number of anilines is 1. The van der Waals surface area contributed by atoms with Crippen molar-refractivity contribution < 1.29 is 23.1 Å². The van der Waals surface area contributed by atoms with Gasteiger partial charge in [0.2, 0.25) is 10.0 Å². The van der Waals surface area contributed by atoms with E-state index in [1.165, 1.54) is 4.31 Å². The van der Waals surface area contributed by atoms with Crippen molar-refractivity contribution in [3.8, 4) is 0 Å². The first-order valence-corrected chi connectivity index (χ1v) is 11.9. The van der Waals surface area contributed by atoms with E-state index >= 15 is 0 Å². The first-order chi connectivity index (χ1) is 14.9. The van der Waals surface area contributed by atoms with E-state index in [0.29, 0.717) is 31.2 Å². The van der Waals surface area contributed by atoms with Crippen LogP contribution in [0.5, 0.6) is 0 Å². The van der Waals surface area contributed by atoms with Gasteiger partial charge < -0.3 is 15.2 Å². The van der Waals surface area contributed by atoms with E-state index in [0.717, 1.165) is 23.2 Å². The van der Waals surface area contributed by atoms with E-state index in [-0.39, 0.29) is 23.4 Å². The second kappa shape index (κ2) is 7.78. The van der Waals surface area contributed by atoms with Gasteiger partial charge in [-0.05, 0) is 53.8 Å². The van der Waals surface area contributed by atoms with Crippen molar-refractivity contribution in [1.29, 1.82) is 0 Å². The number of nitrogens with one attached hydrogen (secondary N) is 1. The zero-order chi connectivity index (χ0) is 21.6. The molecule has 0 radical (unpaired) electrons. The van der Waals surface area contributed by atoms with Crippen molar-refractivity contribution in [3.05, 3.63) is 71.3 Å². The molecule has 5 rings (SSSR count).